The number of aliphatic hydroxyl groups excluding tert-OH is 1. The molecule has 1 heterocycles. The van der Waals surface area contributed by atoms with Gasteiger partial charge in [-0.3, -0.25) is 9.59 Å². The van der Waals surface area contributed by atoms with Crippen molar-refractivity contribution in [2.24, 2.45) is 5.73 Å². The number of benzene rings is 1. The van der Waals surface area contributed by atoms with Crippen LogP contribution < -0.4 is 16.4 Å². The average molecular weight is 263 g/mol. The number of hydrogen-bond acceptors (Lipinski definition) is 4. The topological polar surface area (TPSA) is 104 Å². The zero-order valence-electron chi connectivity index (χ0n) is 10.6. The number of carbonyl (C=O) groups excluding carboxylic acids is 2. The summed E-state index contributed by atoms with van der Waals surface area (Å²) in [6, 6.07) is 4.59. The molecular weight excluding hydrogens is 246 g/mol. The monoisotopic (exact) mass is 263 g/mol. The fourth-order valence-corrected chi connectivity index (χ4v) is 2.17. The van der Waals surface area contributed by atoms with E-state index >= 15 is 0 Å². The average Bonchev–Trinajstić information content (AvgIpc) is 2.78. The molecule has 6 heteroatoms. The van der Waals surface area contributed by atoms with Crippen LogP contribution >= 0.6 is 0 Å². The summed E-state index contributed by atoms with van der Waals surface area (Å²) in [4.78, 5) is 23.2. The number of hydrogen-bond donors (Lipinski definition) is 4. The summed E-state index contributed by atoms with van der Waals surface area (Å²) in [6.45, 7) is 2.14. The molecule has 1 aliphatic heterocycles. The second kappa shape index (κ2) is 5.38. The standard InChI is InChI=1S/C13H17N3O3/c1-7-9(12(14)18)3-2-4-10(7)16-13(19)11-5-8(17)6-15-11/h2-4,8,11,15,17H,5-6H2,1H3,(H2,14,18)(H,16,19). The van der Waals surface area contributed by atoms with Crippen molar-refractivity contribution in [2.45, 2.75) is 25.5 Å². The zero-order chi connectivity index (χ0) is 14.0. The lowest BCUT2D eigenvalue weighted by Crippen LogP contribution is -2.35. The summed E-state index contributed by atoms with van der Waals surface area (Å²) in [7, 11) is 0. The molecule has 2 unspecified atom stereocenters. The molecule has 2 atom stereocenters. The van der Waals surface area contributed by atoms with Crippen LogP contribution in [0.2, 0.25) is 0 Å². The predicted octanol–water partition coefficient (Wildman–Crippen LogP) is -0.245. The Bertz CT molecular complexity index is 516. The fraction of sp³-hybridized carbons (Fsp3) is 0.385. The number of anilines is 1. The van der Waals surface area contributed by atoms with Crippen molar-refractivity contribution in [3.8, 4) is 0 Å². The van der Waals surface area contributed by atoms with Gasteiger partial charge in [0.1, 0.15) is 0 Å². The first-order chi connectivity index (χ1) is 8.99. The molecule has 0 spiro atoms. The highest BCUT2D eigenvalue weighted by Crippen LogP contribution is 2.19. The van der Waals surface area contributed by atoms with Gasteiger partial charge in [0.05, 0.1) is 12.1 Å². The minimum atomic E-state index is -0.525. The van der Waals surface area contributed by atoms with Crippen LogP contribution in [0.1, 0.15) is 22.3 Å². The first kappa shape index (κ1) is 13.5. The summed E-state index contributed by atoms with van der Waals surface area (Å²) in [5, 5.41) is 15.1. The van der Waals surface area contributed by atoms with Crippen LogP contribution in [0.25, 0.3) is 0 Å². The molecule has 2 rings (SSSR count). The number of rotatable bonds is 3. The molecule has 6 nitrogen and oxygen atoms in total. The smallest absolute Gasteiger partial charge is 0.249 e. The van der Waals surface area contributed by atoms with E-state index in [9.17, 15) is 14.7 Å². The highest BCUT2D eigenvalue weighted by molar-refractivity contribution is 5.99. The van der Waals surface area contributed by atoms with Gasteiger partial charge in [0, 0.05) is 17.8 Å². The summed E-state index contributed by atoms with van der Waals surface area (Å²) in [5.74, 6) is -0.746. The van der Waals surface area contributed by atoms with E-state index in [0.717, 1.165) is 0 Å². The third kappa shape index (κ3) is 2.91. The molecule has 1 aliphatic rings. The minimum Gasteiger partial charge on any atom is -0.392 e. The lowest BCUT2D eigenvalue weighted by molar-refractivity contribution is -0.117. The molecular formula is C13H17N3O3. The number of nitrogens with two attached hydrogens (primary N) is 1. The van der Waals surface area contributed by atoms with E-state index in [1.54, 1.807) is 25.1 Å². The molecule has 1 fully saturated rings. The largest absolute Gasteiger partial charge is 0.392 e. The van der Waals surface area contributed by atoms with Crippen LogP contribution in [0.3, 0.4) is 0 Å². The summed E-state index contributed by atoms with van der Waals surface area (Å²) < 4.78 is 0. The summed E-state index contributed by atoms with van der Waals surface area (Å²) in [6.07, 6.45) is -0.103. The van der Waals surface area contributed by atoms with E-state index in [2.05, 4.69) is 10.6 Å². The Kier molecular flexibility index (Phi) is 3.82. The van der Waals surface area contributed by atoms with Gasteiger partial charge in [0.2, 0.25) is 11.8 Å². The Morgan fingerprint density at radius 2 is 2.21 bits per heavy atom. The molecule has 0 radical (unpaired) electrons. The van der Waals surface area contributed by atoms with Gasteiger partial charge in [-0.2, -0.15) is 0 Å². The van der Waals surface area contributed by atoms with Gasteiger partial charge in [-0.1, -0.05) is 6.07 Å². The van der Waals surface area contributed by atoms with E-state index in [4.69, 9.17) is 5.73 Å². The van der Waals surface area contributed by atoms with Crippen LogP contribution in [0.5, 0.6) is 0 Å². The van der Waals surface area contributed by atoms with E-state index in [1.165, 1.54) is 0 Å². The van der Waals surface area contributed by atoms with Crippen molar-refractivity contribution >= 4 is 17.5 Å². The SMILES string of the molecule is Cc1c(NC(=O)C2CC(O)CN2)cccc1C(N)=O. The van der Waals surface area contributed by atoms with Crippen LogP contribution in [-0.2, 0) is 4.79 Å². The first-order valence-corrected chi connectivity index (χ1v) is 6.10. The van der Waals surface area contributed by atoms with Crippen molar-refractivity contribution in [3.63, 3.8) is 0 Å². The van der Waals surface area contributed by atoms with E-state index in [0.29, 0.717) is 29.8 Å². The maximum absolute atomic E-state index is 12.0. The molecule has 0 bridgehead atoms. The maximum atomic E-state index is 12.0. The lowest BCUT2D eigenvalue weighted by atomic mass is 10.1. The Hall–Kier alpha value is -1.92. The maximum Gasteiger partial charge on any atom is 0.249 e. The van der Waals surface area contributed by atoms with Crippen LogP contribution in [0.15, 0.2) is 18.2 Å². The number of aliphatic hydroxyl groups is 1. The third-order valence-electron chi connectivity index (χ3n) is 3.28. The minimum absolute atomic E-state index is 0.221. The van der Waals surface area contributed by atoms with Crippen molar-refractivity contribution in [2.75, 3.05) is 11.9 Å². The normalized spacial score (nSPS) is 22.2. The molecule has 1 saturated heterocycles. The Labute approximate surface area is 111 Å². The van der Waals surface area contributed by atoms with Crippen molar-refractivity contribution in [3.05, 3.63) is 29.3 Å². The summed E-state index contributed by atoms with van der Waals surface area (Å²) >= 11 is 0. The molecule has 2 amide bonds. The number of carbonyl (C=O) groups is 2. The Morgan fingerprint density at radius 3 is 2.79 bits per heavy atom. The highest BCUT2D eigenvalue weighted by Gasteiger charge is 2.28. The molecule has 102 valence electrons. The number of primary amides is 1. The first-order valence-electron chi connectivity index (χ1n) is 6.10. The quantitative estimate of drug-likeness (QED) is 0.604. The molecule has 5 N–H and O–H groups in total. The zero-order valence-corrected chi connectivity index (χ0v) is 10.6. The number of amides is 2. The predicted molar refractivity (Wildman–Crippen MR) is 70.7 cm³/mol. The molecule has 0 aromatic heterocycles. The van der Waals surface area contributed by atoms with Gasteiger partial charge in [-0.25, -0.2) is 0 Å². The number of nitrogens with one attached hydrogen (secondary N) is 2. The van der Waals surface area contributed by atoms with Crippen LogP contribution in [-0.4, -0.2) is 35.6 Å². The molecule has 0 saturated carbocycles. The Balaban J connectivity index is 2.13. The molecule has 19 heavy (non-hydrogen) atoms. The van der Waals surface area contributed by atoms with E-state index in [-0.39, 0.29) is 5.91 Å². The van der Waals surface area contributed by atoms with Gasteiger partial charge in [0.15, 0.2) is 0 Å². The Morgan fingerprint density at radius 1 is 1.47 bits per heavy atom. The third-order valence-corrected chi connectivity index (χ3v) is 3.28. The van der Waals surface area contributed by atoms with Crippen molar-refractivity contribution < 1.29 is 14.7 Å². The van der Waals surface area contributed by atoms with Crippen molar-refractivity contribution in [1.82, 2.24) is 5.32 Å². The summed E-state index contributed by atoms with van der Waals surface area (Å²) in [5.41, 5.74) is 6.84. The molecule has 1 aromatic carbocycles. The van der Waals surface area contributed by atoms with Gasteiger partial charge >= 0.3 is 0 Å². The second-order valence-electron chi connectivity index (χ2n) is 4.68. The highest BCUT2D eigenvalue weighted by atomic mass is 16.3. The number of β-amino-alcohol motifs (C(OH)–C–C–N with tert-alkyl or cyclic N) is 1. The van der Waals surface area contributed by atoms with E-state index < -0.39 is 18.1 Å². The fourth-order valence-electron chi connectivity index (χ4n) is 2.17. The van der Waals surface area contributed by atoms with Gasteiger partial charge in [-0.05, 0) is 31.0 Å². The van der Waals surface area contributed by atoms with Crippen LogP contribution in [0, 0.1) is 6.92 Å². The van der Waals surface area contributed by atoms with Crippen molar-refractivity contribution in [1.29, 1.82) is 0 Å². The lowest BCUT2D eigenvalue weighted by Gasteiger charge is -2.14. The molecule has 1 aromatic rings. The van der Waals surface area contributed by atoms with Gasteiger partial charge in [0.25, 0.3) is 0 Å². The van der Waals surface area contributed by atoms with Gasteiger partial charge < -0.3 is 21.5 Å². The molecule has 0 aliphatic carbocycles. The van der Waals surface area contributed by atoms with Crippen LogP contribution in [0.4, 0.5) is 5.69 Å². The van der Waals surface area contributed by atoms with Gasteiger partial charge in [-0.15, -0.1) is 0 Å². The van der Waals surface area contributed by atoms with E-state index in [1.807, 2.05) is 0 Å². The second-order valence-corrected chi connectivity index (χ2v) is 4.68.